The molecule has 2 aromatic rings. The van der Waals surface area contributed by atoms with Gasteiger partial charge < -0.3 is 5.11 Å². The summed E-state index contributed by atoms with van der Waals surface area (Å²) in [6, 6.07) is 12.7. The average molecular weight is 262 g/mol. The Labute approximate surface area is 111 Å². The zero-order chi connectivity index (χ0) is 13.0. The van der Waals surface area contributed by atoms with Crippen LogP contribution in [-0.4, -0.2) is 5.11 Å². The van der Waals surface area contributed by atoms with Gasteiger partial charge in [-0.25, -0.2) is 4.39 Å². The van der Waals surface area contributed by atoms with Crippen molar-refractivity contribution in [2.45, 2.75) is 24.2 Å². The van der Waals surface area contributed by atoms with Crippen LogP contribution in [0.15, 0.2) is 47.4 Å². The lowest BCUT2D eigenvalue weighted by molar-refractivity contribution is 0.281. The van der Waals surface area contributed by atoms with Crippen LogP contribution in [0.3, 0.4) is 0 Å². The van der Waals surface area contributed by atoms with Crippen LogP contribution >= 0.6 is 11.8 Å². The lowest BCUT2D eigenvalue weighted by atomic mass is 10.1. The van der Waals surface area contributed by atoms with Gasteiger partial charge in [-0.05, 0) is 47.9 Å². The third-order valence-electron chi connectivity index (χ3n) is 2.78. The van der Waals surface area contributed by atoms with Gasteiger partial charge in [0.25, 0.3) is 0 Å². The highest BCUT2D eigenvalue weighted by Crippen LogP contribution is 2.25. The van der Waals surface area contributed by atoms with Gasteiger partial charge >= 0.3 is 0 Å². The van der Waals surface area contributed by atoms with E-state index >= 15 is 0 Å². The molecule has 0 heterocycles. The second-order valence-electron chi connectivity index (χ2n) is 4.17. The highest BCUT2D eigenvalue weighted by molar-refractivity contribution is 7.98. The van der Waals surface area contributed by atoms with Crippen LogP contribution in [0.4, 0.5) is 4.39 Å². The van der Waals surface area contributed by atoms with E-state index in [0.717, 1.165) is 27.3 Å². The monoisotopic (exact) mass is 262 g/mol. The molecule has 0 atom stereocenters. The second-order valence-corrected chi connectivity index (χ2v) is 5.21. The van der Waals surface area contributed by atoms with Crippen molar-refractivity contribution in [3.63, 3.8) is 0 Å². The summed E-state index contributed by atoms with van der Waals surface area (Å²) in [4.78, 5) is 1.12. The van der Waals surface area contributed by atoms with Crippen molar-refractivity contribution in [3.8, 4) is 0 Å². The van der Waals surface area contributed by atoms with Crippen molar-refractivity contribution >= 4 is 11.8 Å². The molecule has 0 bridgehead atoms. The highest BCUT2D eigenvalue weighted by Gasteiger charge is 2.02. The number of halogens is 1. The van der Waals surface area contributed by atoms with Crippen molar-refractivity contribution in [1.29, 1.82) is 0 Å². The predicted octanol–water partition coefficient (Wildman–Crippen LogP) is 3.92. The molecule has 0 unspecified atom stereocenters. The molecule has 0 radical (unpaired) electrons. The first-order chi connectivity index (χ1) is 8.69. The summed E-state index contributed by atoms with van der Waals surface area (Å²) >= 11 is 1.69. The van der Waals surface area contributed by atoms with Gasteiger partial charge in [0.1, 0.15) is 5.82 Å². The molecule has 0 aliphatic rings. The van der Waals surface area contributed by atoms with E-state index in [4.69, 9.17) is 5.11 Å². The van der Waals surface area contributed by atoms with Crippen LogP contribution in [0.25, 0.3) is 0 Å². The highest BCUT2D eigenvalue weighted by atomic mass is 32.2. The number of hydrogen-bond donors (Lipinski definition) is 1. The molecule has 0 fully saturated rings. The van der Waals surface area contributed by atoms with Crippen molar-refractivity contribution in [3.05, 3.63) is 65.0 Å². The molecule has 3 heteroatoms. The standard InChI is InChI=1S/C15H15FOS/c1-11-7-14(16)6-5-13(11)10-18-15-4-2-3-12(8-15)9-17/h2-8,17H,9-10H2,1H3. The summed E-state index contributed by atoms with van der Waals surface area (Å²) in [6.07, 6.45) is 0. The van der Waals surface area contributed by atoms with Crippen LogP contribution in [0.5, 0.6) is 0 Å². The van der Waals surface area contributed by atoms with Gasteiger partial charge in [-0.3, -0.25) is 0 Å². The van der Waals surface area contributed by atoms with Gasteiger partial charge in [-0.2, -0.15) is 0 Å². The molecular weight excluding hydrogens is 247 g/mol. The normalized spacial score (nSPS) is 10.6. The van der Waals surface area contributed by atoms with Gasteiger partial charge in [0.2, 0.25) is 0 Å². The summed E-state index contributed by atoms with van der Waals surface area (Å²) in [5.41, 5.74) is 3.02. The van der Waals surface area contributed by atoms with Gasteiger partial charge in [0.15, 0.2) is 0 Å². The lowest BCUT2D eigenvalue weighted by Crippen LogP contribution is -1.88. The van der Waals surface area contributed by atoms with E-state index in [2.05, 4.69) is 0 Å². The van der Waals surface area contributed by atoms with Crippen molar-refractivity contribution in [2.24, 2.45) is 0 Å². The van der Waals surface area contributed by atoms with Crippen LogP contribution in [0, 0.1) is 12.7 Å². The molecule has 0 aliphatic heterocycles. The van der Waals surface area contributed by atoms with E-state index in [1.807, 2.05) is 37.3 Å². The minimum atomic E-state index is -0.191. The maximum absolute atomic E-state index is 13.0. The Bertz CT molecular complexity index is 540. The fourth-order valence-corrected chi connectivity index (χ4v) is 2.77. The Kier molecular flexibility index (Phi) is 4.39. The smallest absolute Gasteiger partial charge is 0.123 e. The molecule has 1 N–H and O–H groups in total. The largest absolute Gasteiger partial charge is 0.392 e. The van der Waals surface area contributed by atoms with Crippen molar-refractivity contribution in [1.82, 2.24) is 0 Å². The van der Waals surface area contributed by atoms with Gasteiger partial charge in [-0.15, -0.1) is 11.8 Å². The zero-order valence-corrected chi connectivity index (χ0v) is 11.0. The Morgan fingerprint density at radius 3 is 2.72 bits per heavy atom. The summed E-state index contributed by atoms with van der Waals surface area (Å²) in [5.74, 6) is 0.615. The minimum Gasteiger partial charge on any atom is -0.392 e. The van der Waals surface area contributed by atoms with Crippen LogP contribution in [0.1, 0.15) is 16.7 Å². The summed E-state index contributed by atoms with van der Waals surface area (Å²) in [5, 5.41) is 9.07. The number of rotatable bonds is 4. The zero-order valence-electron chi connectivity index (χ0n) is 10.2. The number of benzene rings is 2. The first kappa shape index (κ1) is 13.1. The molecule has 0 aliphatic carbocycles. The Morgan fingerprint density at radius 2 is 2.00 bits per heavy atom. The third kappa shape index (κ3) is 3.34. The number of aryl methyl sites for hydroxylation is 1. The van der Waals surface area contributed by atoms with E-state index in [1.165, 1.54) is 6.07 Å². The predicted molar refractivity (Wildman–Crippen MR) is 73.1 cm³/mol. The molecular formula is C15H15FOS. The fourth-order valence-electron chi connectivity index (χ4n) is 1.72. The third-order valence-corrected chi connectivity index (χ3v) is 3.82. The minimum absolute atomic E-state index is 0.0595. The summed E-state index contributed by atoms with van der Waals surface area (Å²) < 4.78 is 13.0. The molecule has 94 valence electrons. The SMILES string of the molecule is Cc1cc(F)ccc1CSc1cccc(CO)c1. The topological polar surface area (TPSA) is 20.2 Å². The first-order valence-electron chi connectivity index (χ1n) is 5.76. The van der Waals surface area contributed by atoms with Crippen LogP contribution < -0.4 is 0 Å². The molecule has 2 rings (SSSR count). The number of thioether (sulfide) groups is 1. The van der Waals surface area contributed by atoms with Gasteiger partial charge in [0, 0.05) is 10.6 Å². The maximum Gasteiger partial charge on any atom is 0.123 e. The first-order valence-corrected chi connectivity index (χ1v) is 6.75. The summed E-state index contributed by atoms with van der Waals surface area (Å²) in [6.45, 7) is 1.98. The Morgan fingerprint density at radius 1 is 1.17 bits per heavy atom. The number of aliphatic hydroxyl groups excluding tert-OH is 1. The number of hydrogen-bond acceptors (Lipinski definition) is 2. The van der Waals surface area contributed by atoms with Crippen LogP contribution in [0.2, 0.25) is 0 Å². The summed E-state index contributed by atoms with van der Waals surface area (Å²) in [7, 11) is 0. The van der Waals surface area contributed by atoms with E-state index in [0.29, 0.717) is 0 Å². The Balaban J connectivity index is 2.06. The molecule has 18 heavy (non-hydrogen) atoms. The molecule has 0 aromatic heterocycles. The molecule has 1 nitrogen and oxygen atoms in total. The van der Waals surface area contributed by atoms with Gasteiger partial charge in [0.05, 0.1) is 6.61 Å². The number of aliphatic hydroxyl groups is 1. The van der Waals surface area contributed by atoms with E-state index in [9.17, 15) is 4.39 Å². The molecule has 0 spiro atoms. The van der Waals surface area contributed by atoms with E-state index < -0.39 is 0 Å². The lowest BCUT2D eigenvalue weighted by Gasteiger charge is -2.06. The molecule has 2 aromatic carbocycles. The second kappa shape index (κ2) is 6.03. The Hall–Kier alpha value is -1.32. The average Bonchev–Trinajstić information content (AvgIpc) is 2.38. The van der Waals surface area contributed by atoms with Gasteiger partial charge in [-0.1, -0.05) is 18.2 Å². The maximum atomic E-state index is 13.0. The molecule has 0 saturated heterocycles. The van der Waals surface area contributed by atoms with E-state index in [1.54, 1.807) is 17.8 Å². The van der Waals surface area contributed by atoms with Crippen molar-refractivity contribution in [2.75, 3.05) is 0 Å². The quantitative estimate of drug-likeness (QED) is 0.843. The molecule has 0 saturated carbocycles. The fraction of sp³-hybridized carbons (Fsp3) is 0.200. The van der Waals surface area contributed by atoms with Crippen molar-refractivity contribution < 1.29 is 9.50 Å². The van der Waals surface area contributed by atoms with Crippen LogP contribution in [-0.2, 0) is 12.4 Å². The molecule has 0 amide bonds. The van der Waals surface area contributed by atoms with E-state index in [-0.39, 0.29) is 12.4 Å².